The van der Waals surface area contributed by atoms with Crippen molar-refractivity contribution in [1.29, 1.82) is 0 Å². The molecule has 0 aromatic heterocycles. The number of carbonyl (C=O) groups excluding carboxylic acids is 3. The van der Waals surface area contributed by atoms with Gasteiger partial charge in [0.25, 0.3) is 0 Å². The van der Waals surface area contributed by atoms with Crippen LogP contribution in [0, 0.1) is 0 Å². The number of hydrogen-bond acceptors (Lipinski definition) is 10. The Kier molecular flexibility index (Phi) is 56.6. The van der Waals surface area contributed by atoms with Crippen LogP contribution in [0.1, 0.15) is 303 Å². The highest BCUT2D eigenvalue weighted by molar-refractivity contribution is 7.47. The molecule has 0 heterocycles. The molecule has 0 saturated heterocycles. The number of allylic oxidation sites excluding steroid dienone is 8. The Balaban J connectivity index is 4.67. The number of phosphoric ester groups is 1. The lowest BCUT2D eigenvalue weighted by Gasteiger charge is -2.21. The van der Waals surface area contributed by atoms with Crippen molar-refractivity contribution in [1.82, 2.24) is 0 Å². The maximum Gasteiger partial charge on any atom is 0.472 e. The minimum atomic E-state index is -4.75. The van der Waals surface area contributed by atoms with Gasteiger partial charge in [-0.1, -0.05) is 249 Å². The molecule has 0 aromatic rings. The van der Waals surface area contributed by atoms with Crippen LogP contribution in [0.25, 0.3) is 0 Å². The molecule has 0 amide bonds. The smallest absolute Gasteiger partial charge is 0.462 e. The minimum absolute atomic E-state index is 0.153. The summed E-state index contributed by atoms with van der Waals surface area (Å²) >= 11 is 0. The van der Waals surface area contributed by atoms with Crippen molar-refractivity contribution in [2.45, 2.75) is 315 Å². The van der Waals surface area contributed by atoms with E-state index in [1.807, 2.05) is 0 Å². The Hall–Kier alpha value is -2.56. The van der Waals surface area contributed by atoms with Crippen molar-refractivity contribution in [3.05, 3.63) is 48.6 Å². The van der Waals surface area contributed by atoms with Crippen molar-refractivity contribution in [2.75, 3.05) is 26.4 Å². The zero-order chi connectivity index (χ0) is 55.5. The van der Waals surface area contributed by atoms with Gasteiger partial charge in [-0.15, -0.1) is 0 Å². The first-order valence-electron chi connectivity index (χ1n) is 31.5. The molecule has 0 radical (unpaired) electrons. The summed E-state index contributed by atoms with van der Waals surface area (Å²) in [6.07, 6.45) is 63.4. The van der Waals surface area contributed by atoms with E-state index >= 15 is 0 Å². The zero-order valence-corrected chi connectivity index (χ0v) is 50.1. The van der Waals surface area contributed by atoms with Gasteiger partial charge >= 0.3 is 25.7 Å². The predicted octanol–water partition coefficient (Wildman–Crippen LogP) is 18.9. The number of aliphatic hydroxyl groups is 1. The van der Waals surface area contributed by atoms with E-state index in [4.69, 9.17) is 23.3 Å². The topological polar surface area (TPSA) is 155 Å². The quantitative estimate of drug-likeness (QED) is 0.0197. The molecule has 0 rings (SSSR count). The maximum absolute atomic E-state index is 12.9. The van der Waals surface area contributed by atoms with E-state index < -0.39 is 57.8 Å². The van der Waals surface area contributed by atoms with Crippen LogP contribution in [0.5, 0.6) is 0 Å². The molecule has 3 atom stereocenters. The van der Waals surface area contributed by atoms with Gasteiger partial charge in [-0.05, 0) is 83.5 Å². The Morgan fingerprint density at radius 2 is 0.645 bits per heavy atom. The van der Waals surface area contributed by atoms with Crippen LogP contribution in [0.2, 0.25) is 0 Å². The number of esters is 3. The Morgan fingerprint density at radius 1 is 0.368 bits per heavy atom. The van der Waals surface area contributed by atoms with Crippen LogP contribution < -0.4 is 0 Å². The fourth-order valence-electron chi connectivity index (χ4n) is 8.89. The molecule has 76 heavy (non-hydrogen) atoms. The third-order valence-corrected chi connectivity index (χ3v) is 14.7. The molecule has 11 nitrogen and oxygen atoms in total. The van der Waals surface area contributed by atoms with Crippen LogP contribution in [-0.2, 0) is 42.2 Å². The number of rotatable bonds is 59. The lowest BCUT2D eigenvalue weighted by atomic mass is 10.0. The summed E-state index contributed by atoms with van der Waals surface area (Å²) < 4.78 is 39.6. The van der Waals surface area contributed by atoms with E-state index in [-0.39, 0.29) is 25.9 Å². The molecule has 3 unspecified atom stereocenters. The zero-order valence-electron chi connectivity index (χ0n) is 49.2. The van der Waals surface area contributed by atoms with Gasteiger partial charge in [0.2, 0.25) is 0 Å². The summed E-state index contributed by atoms with van der Waals surface area (Å²) in [7, 11) is -4.75. The van der Waals surface area contributed by atoms with E-state index in [1.54, 1.807) is 0 Å². The largest absolute Gasteiger partial charge is 0.472 e. The maximum atomic E-state index is 12.9. The number of aliphatic hydroxyl groups excluding tert-OH is 1. The number of hydrogen-bond donors (Lipinski definition) is 2. The van der Waals surface area contributed by atoms with E-state index in [2.05, 4.69) is 69.4 Å². The number of ether oxygens (including phenoxy) is 3. The third kappa shape index (κ3) is 56.2. The van der Waals surface area contributed by atoms with Crippen molar-refractivity contribution in [3.63, 3.8) is 0 Å². The normalized spacial score (nSPS) is 13.6. The highest BCUT2D eigenvalue weighted by Crippen LogP contribution is 2.43. The fraction of sp³-hybridized carbons (Fsp3) is 0.828. The molecule has 0 bridgehead atoms. The summed E-state index contributed by atoms with van der Waals surface area (Å²) in [4.78, 5) is 48.7. The lowest BCUT2D eigenvalue weighted by molar-refractivity contribution is -0.161. The van der Waals surface area contributed by atoms with E-state index in [9.17, 15) is 28.9 Å². The highest BCUT2D eigenvalue weighted by atomic mass is 31.2. The van der Waals surface area contributed by atoms with Crippen LogP contribution >= 0.6 is 7.82 Å². The second-order valence-corrected chi connectivity index (χ2v) is 22.7. The molecular weight excluding hydrogens is 976 g/mol. The summed E-state index contributed by atoms with van der Waals surface area (Å²) in [5.74, 6) is -1.47. The standard InChI is InChI=1S/C64H117O11P/c1-4-7-10-13-16-19-22-25-27-29-30-32-34-37-40-43-46-49-52-55-64(68)75-61(57-71-62(66)53-50-47-44-41-38-35-24-21-18-15-12-9-6-3)59-73-76(69,70)72-58-60(56-65)74-63(67)54-51-48-45-42-39-36-33-31-28-26-23-20-17-14-11-8-5-2/h16,19,21,24-25,27,30,32,60-61,65H,4-15,17-18,20,22-23,26,28-29,31,33-59H2,1-3H3,(H,69,70)/b19-16-,24-21-,27-25-,32-30-. The van der Waals surface area contributed by atoms with Gasteiger partial charge in [0.05, 0.1) is 19.8 Å². The molecule has 0 saturated carbocycles. The Bertz CT molecular complexity index is 1460. The average molecular weight is 1090 g/mol. The van der Waals surface area contributed by atoms with E-state index in [0.717, 1.165) is 109 Å². The van der Waals surface area contributed by atoms with E-state index in [0.29, 0.717) is 19.3 Å². The Morgan fingerprint density at radius 3 is 1.04 bits per heavy atom. The van der Waals surface area contributed by atoms with Gasteiger partial charge in [-0.3, -0.25) is 23.4 Å². The summed E-state index contributed by atoms with van der Waals surface area (Å²) in [5, 5.41) is 9.84. The third-order valence-electron chi connectivity index (χ3n) is 13.7. The average Bonchev–Trinajstić information content (AvgIpc) is 3.41. The Labute approximate surface area is 466 Å². The number of phosphoric acid groups is 1. The van der Waals surface area contributed by atoms with Gasteiger partial charge in [0.1, 0.15) is 12.7 Å². The molecule has 0 aliphatic carbocycles. The molecule has 12 heteroatoms. The van der Waals surface area contributed by atoms with Gasteiger partial charge in [0.15, 0.2) is 6.10 Å². The first kappa shape index (κ1) is 73.4. The molecule has 0 spiro atoms. The summed E-state index contributed by atoms with van der Waals surface area (Å²) in [6.45, 7) is 4.63. The first-order valence-corrected chi connectivity index (χ1v) is 33.0. The number of carbonyl (C=O) groups is 3. The second-order valence-electron chi connectivity index (χ2n) is 21.2. The first-order chi connectivity index (χ1) is 37.2. The second kappa shape index (κ2) is 58.6. The lowest BCUT2D eigenvalue weighted by Crippen LogP contribution is -2.30. The van der Waals surface area contributed by atoms with Crippen LogP contribution in [0.4, 0.5) is 0 Å². The molecular formula is C64H117O11P. The molecule has 0 aliphatic rings. The van der Waals surface area contributed by atoms with Crippen LogP contribution in [0.15, 0.2) is 48.6 Å². The molecule has 0 aliphatic heterocycles. The van der Waals surface area contributed by atoms with Crippen molar-refractivity contribution in [2.24, 2.45) is 0 Å². The molecule has 444 valence electrons. The molecule has 2 N–H and O–H groups in total. The van der Waals surface area contributed by atoms with E-state index in [1.165, 1.54) is 135 Å². The van der Waals surface area contributed by atoms with Crippen molar-refractivity contribution in [3.8, 4) is 0 Å². The monoisotopic (exact) mass is 1090 g/mol. The van der Waals surface area contributed by atoms with Gasteiger partial charge in [-0.25, -0.2) is 4.57 Å². The van der Waals surface area contributed by atoms with Gasteiger partial charge in [0, 0.05) is 19.3 Å². The highest BCUT2D eigenvalue weighted by Gasteiger charge is 2.28. The van der Waals surface area contributed by atoms with Crippen molar-refractivity contribution >= 4 is 25.7 Å². The van der Waals surface area contributed by atoms with Crippen LogP contribution in [-0.4, -0.2) is 66.5 Å². The molecule has 0 aromatic carbocycles. The number of unbranched alkanes of at least 4 members (excludes halogenated alkanes) is 34. The van der Waals surface area contributed by atoms with Gasteiger partial charge in [-0.2, -0.15) is 0 Å². The predicted molar refractivity (Wildman–Crippen MR) is 316 cm³/mol. The summed E-state index contributed by atoms with van der Waals surface area (Å²) in [6, 6.07) is 0. The minimum Gasteiger partial charge on any atom is -0.462 e. The van der Waals surface area contributed by atoms with Crippen molar-refractivity contribution < 1.29 is 52.2 Å². The SMILES string of the molecule is CCCCC/C=C\C/C=C\C/C=C\CCCCCCCCC(=O)OC(COC(=O)CCCCCCC/C=C\CCCCCC)COP(=O)(O)OCC(CO)OC(=O)CCCCCCCCCCCCCCCCCCC. The van der Waals surface area contributed by atoms with Crippen LogP contribution in [0.3, 0.4) is 0 Å². The molecule has 0 fully saturated rings. The van der Waals surface area contributed by atoms with Gasteiger partial charge < -0.3 is 24.2 Å². The summed E-state index contributed by atoms with van der Waals surface area (Å²) in [5.41, 5.74) is 0. The fourth-order valence-corrected chi connectivity index (χ4v) is 9.67.